The first-order valence-corrected chi connectivity index (χ1v) is 8.89. The first-order chi connectivity index (χ1) is 10.9. The number of ether oxygens (including phenoxy) is 1. The number of para-hydroxylation sites is 1. The van der Waals surface area contributed by atoms with Crippen LogP contribution in [-0.2, 0) is 4.57 Å². The number of carbonyl (C=O) groups is 1. The lowest BCUT2D eigenvalue weighted by atomic mass is 10.2. The van der Waals surface area contributed by atoms with Crippen LogP contribution in [0, 0.1) is 0 Å². The molecule has 0 radical (unpaired) electrons. The lowest BCUT2D eigenvalue weighted by Crippen LogP contribution is -2.24. The summed E-state index contributed by atoms with van der Waals surface area (Å²) in [5, 5.41) is 2.62. The minimum absolute atomic E-state index is 0.214. The number of benzene rings is 2. The minimum Gasteiger partial charge on any atom is -0.457 e. The third-order valence-electron chi connectivity index (χ3n) is 3.01. The van der Waals surface area contributed by atoms with E-state index in [2.05, 4.69) is 5.32 Å². The first kappa shape index (κ1) is 17.2. The van der Waals surface area contributed by atoms with Crippen molar-refractivity contribution in [2.75, 3.05) is 12.7 Å². The number of hydrogen-bond acceptors (Lipinski definition) is 3. The second-order valence-electron chi connectivity index (χ2n) is 4.94. The van der Waals surface area contributed by atoms with Gasteiger partial charge in [0.05, 0.1) is 6.16 Å². The van der Waals surface area contributed by atoms with E-state index in [-0.39, 0.29) is 25.0 Å². The van der Waals surface area contributed by atoms with Gasteiger partial charge in [0, 0.05) is 12.1 Å². The van der Waals surface area contributed by atoms with E-state index in [1.807, 2.05) is 30.3 Å². The van der Waals surface area contributed by atoms with Crippen LogP contribution in [0.15, 0.2) is 54.6 Å². The molecule has 0 atom stereocenters. The molecule has 0 aliphatic carbocycles. The van der Waals surface area contributed by atoms with E-state index in [1.165, 1.54) is 0 Å². The average molecular weight is 335 g/mol. The van der Waals surface area contributed by atoms with E-state index in [0.29, 0.717) is 17.1 Å². The zero-order chi connectivity index (χ0) is 16.7. The highest BCUT2D eigenvalue weighted by Gasteiger charge is 2.12. The molecule has 2 rings (SSSR count). The Hall–Kier alpha value is -2.14. The Morgan fingerprint density at radius 3 is 2.22 bits per heavy atom. The smallest absolute Gasteiger partial charge is 0.325 e. The highest BCUT2D eigenvalue weighted by Crippen LogP contribution is 2.34. The molecule has 0 unspecified atom stereocenters. The third kappa shape index (κ3) is 6.24. The standard InChI is InChI=1S/C16H18NO5P/c18-16(17-11-4-12-23(19,20)21)13-7-9-15(10-8-13)22-14-5-2-1-3-6-14/h1-3,5-10H,4,11-12H2,(H,17,18)(H2,19,20,21). The lowest BCUT2D eigenvalue weighted by molar-refractivity contribution is 0.0953. The van der Waals surface area contributed by atoms with Crippen LogP contribution in [0.5, 0.6) is 11.5 Å². The van der Waals surface area contributed by atoms with Crippen LogP contribution >= 0.6 is 7.60 Å². The van der Waals surface area contributed by atoms with Gasteiger partial charge in [-0.05, 0) is 42.8 Å². The molecule has 0 aliphatic rings. The van der Waals surface area contributed by atoms with Gasteiger partial charge in [0.2, 0.25) is 0 Å². The second kappa shape index (κ2) is 7.92. The summed E-state index contributed by atoms with van der Waals surface area (Å²) in [6.07, 6.45) is -0.0116. The van der Waals surface area contributed by atoms with Gasteiger partial charge in [0.15, 0.2) is 0 Å². The van der Waals surface area contributed by atoms with Crippen molar-refractivity contribution < 1.29 is 23.9 Å². The van der Waals surface area contributed by atoms with Gasteiger partial charge >= 0.3 is 7.60 Å². The zero-order valence-electron chi connectivity index (χ0n) is 12.4. The van der Waals surface area contributed by atoms with E-state index in [0.717, 1.165) is 0 Å². The maximum absolute atomic E-state index is 11.9. The molecule has 0 heterocycles. The summed E-state index contributed by atoms with van der Waals surface area (Å²) in [6, 6.07) is 16.0. The second-order valence-corrected chi connectivity index (χ2v) is 6.71. The first-order valence-electron chi connectivity index (χ1n) is 7.10. The number of rotatable bonds is 7. The predicted octanol–water partition coefficient (Wildman–Crippen LogP) is 2.78. The molecule has 0 saturated carbocycles. The van der Waals surface area contributed by atoms with Crippen molar-refractivity contribution in [2.24, 2.45) is 0 Å². The molecule has 6 nitrogen and oxygen atoms in total. The molecule has 0 bridgehead atoms. The SMILES string of the molecule is O=C(NCCCP(=O)(O)O)c1ccc(Oc2ccccc2)cc1. The van der Waals surface area contributed by atoms with Crippen LogP contribution < -0.4 is 10.1 Å². The molecule has 0 aliphatic heterocycles. The van der Waals surface area contributed by atoms with E-state index >= 15 is 0 Å². The molecule has 0 fully saturated rings. The normalized spacial score (nSPS) is 11.0. The summed E-state index contributed by atoms with van der Waals surface area (Å²) in [5.74, 6) is 1.04. The van der Waals surface area contributed by atoms with Gasteiger partial charge < -0.3 is 19.8 Å². The van der Waals surface area contributed by atoms with Crippen LogP contribution in [0.2, 0.25) is 0 Å². The molecule has 2 aromatic carbocycles. The number of hydrogen-bond donors (Lipinski definition) is 3. The van der Waals surface area contributed by atoms with Gasteiger partial charge in [0.25, 0.3) is 5.91 Å². The van der Waals surface area contributed by atoms with Crippen LogP contribution in [0.3, 0.4) is 0 Å². The fraction of sp³-hybridized carbons (Fsp3) is 0.188. The Bertz CT molecular complexity index is 681. The Balaban J connectivity index is 1.84. The molecule has 0 aromatic heterocycles. The summed E-state index contributed by atoms with van der Waals surface area (Å²) in [5.41, 5.74) is 0.460. The van der Waals surface area contributed by atoms with Gasteiger partial charge in [-0.25, -0.2) is 0 Å². The van der Waals surface area contributed by atoms with E-state index in [4.69, 9.17) is 14.5 Å². The summed E-state index contributed by atoms with van der Waals surface area (Å²) in [7, 11) is -4.01. The summed E-state index contributed by atoms with van der Waals surface area (Å²) in [6.45, 7) is 0.214. The molecule has 0 saturated heterocycles. The number of nitrogens with one attached hydrogen (secondary N) is 1. The van der Waals surface area contributed by atoms with Gasteiger partial charge in [-0.1, -0.05) is 18.2 Å². The average Bonchev–Trinajstić information content (AvgIpc) is 2.52. The van der Waals surface area contributed by atoms with Gasteiger partial charge in [-0.3, -0.25) is 9.36 Å². The fourth-order valence-corrected chi connectivity index (χ4v) is 2.46. The molecular weight excluding hydrogens is 317 g/mol. The topological polar surface area (TPSA) is 95.9 Å². The largest absolute Gasteiger partial charge is 0.457 e. The molecular formula is C16H18NO5P. The monoisotopic (exact) mass is 335 g/mol. The maximum Gasteiger partial charge on any atom is 0.325 e. The van der Waals surface area contributed by atoms with Crippen molar-refractivity contribution in [3.8, 4) is 11.5 Å². The van der Waals surface area contributed by atoms with Crippen LogP contribution in [-0.4, -0.2) is 28.4 Å². The highest BCUT2D eigenvalue weighted by molar-refractivity contribution is 7.51. The van der Waals surface area contributed by atoms with Crippen molar-refractivity contribution in [3.05, 3.63) is 60.2 Å². The predicted molar refractivity (Wildman–Crippen MR) is 86.8 cm³/mol. The Labute approximate surface area is 134 Å². The van der Waals surface area contributed by atoms with Crippen molar-refractivity contribution in [3.63, 3.8) is 0 Å². The summed E-state index contributed by atoms with van der Waals surface area (Å²) >= 11 is 0. The van der Waals surface area contributed by atoms with Gasteiger partial charge in [-0.15, -0.1) is 0 Å². The van der Waals surface area contributed by atoms with E-state index in [1.54, 1.807) is 24.3 Å². The number of carbonyl (C=O) groups excluding carboxylic acids is 1. The van der Waals surface area contributed by atoms with Crippen molar-refractivity contribution >= 4 is 13.5 Å². The van der Waals surface area contributed by atoms with Gasteiger partial charge in [-0.2, -0.15) is 0 Å². The number of amides is 1. The quantitative estimate of drug-likeness (QED) is 0.534. The summed E-state index contributed by atoms with van der Waals surface area (Å²) < 4.78 is 16.3. The molecule has 3 N–H and O–H groups in total. The molecule has 122 valence electrons. The van der Waals surface area contributed by atoms with Crippen LogP contribution in [0.1, 0.15) is 16.8 Å². The summed E-state index contributed by atoms with van der Waals surface area (Å²) in [4.78, 5) is 29.4. The Morgan fingerprint density at radius 2 is 1.61 bits per heavy atom. The van der Waals surface area contributed by atoms with E-state index in [9.17, 15) is 9.36 Å². The molecule has 23 heavy (non-hydrogen) atoms. The minimum atomic E-state index is -4.01. The van der Waals surface area contributed by atoms with Crippen molar-refractivity contribution in [2.45, 2.75) is 6.42 Å². The molecule has 7 heteroatoms. The van der Waals surface area contributed by atoms with E-state index < -0.39 is 7.60 Å². The Morgan fingerprint density at radius 1 is 1.00 bits per heavy atom. The fourth-order valence-electron chi connectivity index (χ4n) is 1.89. The molecule has 0 spiro atoms. The highest BCUT2D eigenvalue weighted by atomic mass is 31.2. The van der Waals surface area contributed by atoms with Crippen molar-refractivity contribution in [1.82, 2.24) is 5.32 Å². The lowest BCUT2D eigenvalue weighted by Gasteiger charge is -2.08. The molecule has 1 amide bonds. The van der Waals surface area contributed by atoms with Gasteiger partial charge in [0.1, 0.15) is 11.5 Å². The third-order valence-corrected chi connectivity index (χ3v) is 3.91. The molecule has 2 aromatic rings. The Kier molecular flexibility index (Phi) is 5.93. The maximum atomic E-state index is 11.9. The zero-order valence-corrected chi connectivity index (χ0v) is 13.3. The van der Waals surface area contributed by atoms with Crippen molar-refractivity contribution in [1.29, 1.82) is 0 Å². The van der Waals surface area contributed by atoms with Crippen LogP contribution in [0.25, 0.3) is 0 Å². The van der Waals surface area contributed by atoms with Crippen LogP contribution in [0.4, 0.5) is 0 Å².